The predicted molar refractivity (Wildman–Crippen MR) is 78.1 cm³/mol. The molecule has 0 aromatic carbocycles. The summed E-state index contributed by atoms with van der Waals surface area (Å²) in [7, 11) is 1.42. The van der Waals surface area contributed by atoms with E-state index in [-0.39, 0.29) is 18.0 Å². The lowest BCUT2D eigenvalue weighted by Crippen LogP contribution is -2.47. The van der Waals surface area contributed by atoms with Crippen molar-refractivity contribution in [1.82, 2.24) is 15.5 Å². The van der Waals surface area contributed by atoms with Crippen LogP contribution in [0.2, 0.25) is 0 Å². The number of hydrogen-bond acceptors (Lipinski definition) is 3. The van der Waals surface area contributed by atoms with E-state index in [1.54, 1.807) is 6.92 Å². The molecule has 0 saturated carbocycles. The first kappa shape index (κ1) is 20.2. The highest BCUT2D eigenvalue weighted by molar-refractivity contribution is 5.81. The van der Waals surface area contributed by atoms with E-state index in [2.05, 4.69) is 24.5 Å². The highest BCUT2D eigenvalue weighted by Crippen LogP contribution is 2.15. The van der Waals surface area contributed by atoms with Crippen LogP contribution in [0.15, 0.2) is 0 Å². The van der Waals surface area contributed by atoms with Gasteiger partial charge in [-0.2, -0.15) is 13.2 Å². The highest BCUT2D eigenvalue weighted by Gasteiger charge is 2.28. The Hall–Kier alpha value is -0.820. The van der Waals surface area contributed by atoms with Crippen LogP contribution in [0.5, 0.6) is 0 Å². The second-order valence-corrected chi connectivity index (χ2v) is 5.92. The maximum absolute atomic E-state index is 12.1. The Balaban J connectivity index is 3.84. The second-order valence-electron chi connectivity index (χ2n) is 5.92. The maximum atomic E-state index is 12.1. The molecule has 2 atom stereocenters. The molecular formula is C14H28F3N3O. The van der Waals surface area contributed by atoms with Crippen LogP contribution >= 0.6 is 0 Å². The Morgan fingerprint density at radius 1 is 1.19 bits per heavy atom. The third-order valence-corrected chi connectivity index (χ3v) is 3.37. The normalized spacial score (nSPS) is 15.3. The quantitative estimate of drug-likeness (QED) is 0.640. The molecular weight excluding hydrogens is 283 g/mol. The summed E-state index contributed by atoms with van der Waals surface area (Å²) in [6.45, 7) is 7.68. The lowest BCUT2D eigenvalue weighted by molar-refractivity contribution is -0.143. The lowest BCUT2D eigenvalue weighted by atomic mass is 10.1. The van der Waals surface area contributed by atoms with Gasteiger partial charge in [-0.1, -0.05) is 13.8 Å². The average Bonchev–Trinajstić information content (AvgIpc) is 2.31. The number of amides is 1. The zero-order chi connectivity index (χ0) is 16.6. The zero-order valence-electron chi connectivity index (χ0n) is 13.5. The summed E-state index contributed by atoms with van der Waals surface area (Å²) in [5.41, 5.74) is 0. The van der Waals surface area contributed by atoms with Gasteiger partial charge in [0.2, 0.25) is 5.91 Å². The van der Waals surface area contributed by atoms with E-state index in [9.17, 15) is 18.0 Å². The minimum atomic E-state index is -4.18. The molecule has 0 spiro atoms. The smallest absolute Gasteiger partial charge is 0.355 e. The molecule has 0 saturated heterocycles. The van der Waals surface area contributed by atoms with Gasteiger partial charge in [-0.3, -0.25) is 9.69 Å². The molecule has 0 aromatic rings. The number of carbonyl (C=O) groups excluding carboxylic acids is 1. The Morgan fingerprint density at radius 3 is 2.24 bits per heavy atom. The molecule has 0 aliphatic heterocycles. The van der Waals surface area contributed by atoms with E-state index in [4.69, 9.17) is 0 Å². The van der Waals surface area contributed by atoms with Crippen LogP contribution in [-0.2, 0) is 4.79 Å². The van der Waals surface area contributed by atoms with Crippen LogP contribution in [0.4, 0.5) is 13.2 Å². The van der Waals surface area contributed by atoms with Gasteiger partial charge in [-0.15, -0.1) is 0 Å². The number of nitrogens with one attached hydrogen (secondary N) is 2. The number of halogens is 3. The van der Waals surface area contributed by atoms with Crippen molar-refractivity contribution in [3.8, 4) is 0 Å². The molecule has 0 bridgehead atoms. The molecule has 0 heterocycles. The lowest BCUT2D eigenvalue weighted by Gasteiger charge is -2.22. The molecule has 0 radical (unpaired) electrons. The van der Waals surface area contributed by atoms with Crippen LogP contribution in [0.1, 0.15) is 34.1 Å². The number of hydrogen-bond donors (Lipinski definition) is 2. The van der Waals surface area contributed by atoms with Crippen LogP contribution < -0.4 is 10.6 Å². The summed E-state index contributed by atoms with van der Waals surface area (Å²) in [5, 5.41) is 5.92. The Morgan fingerprint density at radius 2 is 1.76 bits per heavy atom. The number of alkyl halides is 3. The molecule has 21 heavy (non-hydrogen) atoms. The maximum Gasteiger partial charge on any atom is 0.401 e. The fraction of sp³-hybridized carbons (Fsp3) is 0.929. The Labute approximate surface area is 125 Å². The van der Waals surface area contributed by atoms with Gasteiger partial charge < -0.3 is 10.6 Å². The number of nitrogens with zero attached hydrogens (tertiary/aromatic N) is 1. The Bertz CT molecular complexity index is 308. The van der Waals surface area contributed by atoms with Gasteiger partial charge in [0.05, 0.1) is 12.6 Å². The standard InChI is InChI=1S/C14H28F3N3O/c1-10(2)11(3)19-12(4)13(21)18-7-6-8-20(5)9-14(15,16)17/h10-12,19H,6-9H2,1-5H3,(H,18,21)/t11-,12-/m1/s1. The van der Waals surface area contributed by atoms with E-state index in [1.165, 1.54) is 11.9 Å². The molecule has 7 heteroatoms. The van der Waals surface area contributed by atoms with Gasteiger partial charge in [0.1, 0.15) is 0 Å². The van der Waals surface area contributed by atoms with Crippen molar-refractivity contribution < 1.29 is 18.0 Å². The third-order valence-electron chi connectivity index (χ3n) is 3.37. The molecule has 4 nitrogen and oxygen atoms in total. The van der Waals surface area contributed by atoms with Crippen molar-refractivity contribution in [3.63, 3.8) is 0 Å². The molecule has 2 N–H and O–H groups in total. The first-order valence-corrected chi connectivity index (χ1v) is 7.32. The first-order chi connectivity index (χ1) is 9.53. The van der Waals surface area contributed by atoms with Crippen LogP contribution in [0, 0.1) is 5.92 Å². The Kier molecular flexibility index (Phi) is 8.89. The number of rotatable bonds is 9. The van der Waals surface area contributed by atoms with Gasteiger partial charge in [0.25, 0.3) is 0 Å². The fourth-order valence-corrected chi connectivity index (χ4v) is 1.76. The monoisotopic (exact) mass is 311 g/mol. The summed E-state index contributed by atoms with van der Waals surface area (Å²) in [6.07, 6.45) is -3.69. The van der Waals surface area contributed by atoms with Gasteiger partial charge in [0, 0.05) is 12.6 Å². The van der Waals surface area contributed by atoms with Gasteiger partial charge >= 0.3 is 6.18 Å². The van der Waals surface area contributed by atoms with Gasteiger partial charge in [-0.05, 0) is 39.8 Å². The van der Waals surface area contributed by atoms with Crippen molar-refractivity contribution in [2.75, 3.05) is 26.7 Å². The molecule has 1 amide bonds. The minimum Gasteiger partial charge on any atom is -0.355 e. The van der Waals surface area contributed by atoms with Crippen LogP contribution in [0.3, 0.4) is 0 Å². The van der Waals surface area contributed by atoms with Crippen LogP contribution in [0.25, 0.3) is 0 Å². The van der Waals surface area contributed by atoms with Crippen molar-refractivity contribution >= 4 is 5.91 Å². The second kappa shape index (κ2) is 9.25. The molecule has 0 aliphatic rings. The largest absolute Gasteiger partial charge is 0.401 e. The summed E-state index contributed by atoms with van der Waals surface area (Å²) < 4.78 is 36.3. The predicted octanol–water partition coefficient (Wildman–Crippen LogP) is 2.01. The molecule has 0 fully saturated rings. The van der Waals surface area contributed by atoms with E-state index in [1.807, 2.05) is 6.92 Å². The summed E-state index contributed by atoms with van der Waals surface area (Å²) in [4.78, 5) is 13.0. The summed E-state index contributed by atoms with van der Waals surface area (Å²) in [6, 6.07) is -0.0843. The van der Waals surface area contributed by atoms with Gasteiger partial charge in [-0.25, -0.2) is 0 Å². The molecule has 0 aliphatic carbocycles. The highest BCUT2D eigenvalue weighted by atomic mass is 19.4. The minimum absolute atomic E-state index is 0.124. The summed E-state index contributed by atoms with van der Waals surface area (Å²) >= 11 is 0. The molecule has 126 valence electrons. The van der Waals surface area contributed by atoms with E-state index in [0.29, 0.717) is 25.4 Å². The van der Waals surface area contributed by atoms with E-state index in [0.717, 1.165) is 0 Å². The molecule has 0 rings (SSSR count). The van der Waals surface area contributed by atoms with Crippen molar-refractivity contribution in [2.45, 2.75) is 52.4 Å². The van der Waals surface area contributed by atoms with E-state index >= 15 is 0 Å². The fourth-order valence-electron chi connectivity index (χ4n) is 1.76. The number of carbonyl (C=O) groups is 1. The third kappa shape index (κ3) is 10.5. The molecule has 0 unspecified atom stereocenters. The van der Waals surface area contributed by atoms with Crippen molar-refractivity contribution in [1.29, 1.82) is 0 Å². The van der Waals surface area contributed by atoms with Crippen LogP contribution in [-0.4, -0.2) is 55.7 Å². The zero-order valence-corrected chi connectivity index (χ0v) is 13.5. The van der Waals surface area contributed by atoms with Crippen molar-refractivity contribution in [2.24, 2.45) is 5.92 Å². The first-order valence-electron chi connectivity index (χ1n) is 7.32. The summed E-state index contributed by atoms with van der Waals surface area (Å²) in [5.74, 6) is 0.303. The van der Waals surface area contributed by atoms with Crippen molar-refractivity contribution in [3.05, 3.63) is 0 Å². The topological polar surface area (TPSA) is 44.4 Å². The molecule has 0 aromatic heterocycles. The van der Waals surface area contributed by atoms with E-state index < -0.39 is 12.7 Å². The van der Waals surface area contributed by atoms with Gasteiger partial charge in [0.15, 0.2) is 0 Å². The SMILES string of the molecule is CC(C)[C@@H](C)N[C@H](C)C(=O)NCCCN(C)CC(F)(F)F. The average molecular weight is 311 g/mol.